The molecule has 4 heteroatoms. The van der Waals surface area contributed by atoms with E-state index in [0.29, 0.717) is 17.3 Å². The van der Waals surface area contributed by atoms with Crippen LogP contribution < -0.4 is 10.6 Å². The number of piperidine rings is 1. The Morgan fingerprint density at radius 3 is 2.83 bits per heavy atom. The molecule has 1 aliphatic rings. The Balaban J connectivity index is 2.21. The minimum absolute atomic E-state index is 0.115. The standard InChI is InChI=1S/C14H20N2O2/c1-14(2)9-15-8-7-12(14)16-11-6-4-3-5-10(11)13(17)18/h3-6,12,15-16H,7-9H2,1-2H3,(H,17,18). The lowest BCUT2D eigenvalue weighted by Crippen LogP contribution is -2.49. The third-order valence-electron chi connectivity index (χ3n) is 3.62. The average molecular weight is 248 g/mol. The highest BCUT2D eigenvalue weighted by Gasteiger charge is 2.32. The lowest BCUT2D eigenvalue weighted by molar-refractivity contribution is 0.0697. The molecular formula is C14H20N2O2. The van der Waals surface area contributed by atoms with Gasteiger partial charge in [-0.1, -0.05) is 26.0 Å². The molecular weight excluding hydrogens is 228 g/mol. The van der Waals surface area contributed by atoms with Crippen molar-refractivity contribution in [2.75, 3.05) is 18.4 Å². The molecule has 1 aliphatic heterocycles. The van der Waals surface area contributed by atoms with Gasteiger partial charge in [-0.25, -0.2) is 4.79 Å². The van der Waals surface area contributed by atoms with Crippen molar-refractivity contribution in [2.24, 2.45) is 5.41 Å². The number of anilines is 1. The molecule has 0 bridgehead atoms. The zero-order valence-electron chi connectivity index (χ0n) is 10.9. The number of hydrogen-bond acceptors (Lipinski definition) is 3. The van der Waals surface area contributed by atoms with Gasteiger partial charge in [-0.2, -0.15) is 0 Å². The van der Waals surface area contributed by atoms with E-state index in [9.17, 15) is 9.90 Å². The maximum atomic E-state index is 11.2. The Labute approximate surface area is 107 Å². The molecule has 0 aliphatic carbocycles. The van der Waals surface area contributed by atoms with Crippen LogP contribution in [0.25, 0.3) is 0 Å². The van der Waals surface area contributed by atoms with Gasteiger partial charge in [-0.15, -0.1) is 0 Å². The second-order valence-electron chi connectivity index (χ2n) is 5.50. The molecule has 1 atom stereocenters. The quantitative estimate of drug-likeness (QED) is 0.767. The Morgan fingerprint density at radius 1 is 1.44 bits per heavy atom. The molecule has 3 N–H and O–H groups in total. The summed E-state index contributed by atoms with van der Waals surface area (Å²) < 4.78 is 0. The van der Waals surface area contributed by atoms with Crippen LogP contribution in [0.1, 0.15) is 30.6 Å². The predicted molar refractivity (Wildman–Crippen MR) is 72.1 cm³/mol. The Morgan fingerprint density at radius 2 is 2.17 bits per heavy atom. The number of hydrogen-bond donors (Lipinski definition) is 3. The lowest BCUT2D eigenvalue weighted by atomic mass is 9.80. The summed E-state index contributed by atoms with van der Waals surface area (Å²) >= 11 is 0. The van der Waals surface area contributed by atoms with Gasteiger partial charge in [0.05, 0.1) is 5.56 Å². The summed E-state index contributed by atoms with van der Waals surface area (Å²) in [5.74, 6) is -0.884. The fraction of sp³-hybridized carbons (Fsp3) is 0.500. The average Bonchev–Trinajstić information content (AvgIpc) is 2.32. The smallest absolute Gasteiger partial charge is 0.337 e. The summed E-state index contributed by atoms with van der Waals surface area (Å²) in [6.07, 6.45) is 1.00. The summed E-state index contributed by atoms with van der Waals surface area (Å²) in [6, 6.07) is 7.38. The molecule has 0 aromatic heterocycles. The molecule has 0 spiro atoms. The van der Waals surface area contributed by atoms with E-state index < -0.39 is 5.97 Å². The zero-order chi connectivity index (χ0) is 13.2. The number of carbonyl (C=O) groups is 1. The molecule has 98 valence electrons. The minimum Gasteiger partial charge on any atom is -0.478 e. The maximum absolute atomic E-state index is 11.2. The van der Waals surface area contributed by atoms with Crippen LogP contribution in [0.2, 0.25) is 0 Å². The second kappa shape index (κ2) is 4.98. The van der Waals surface area contributed by atoms with Crippen LogP contribution >= 0.6 is 0 Å². The van der Waals surface area contributed by atoms with Crippen molar-refractivity contribution in [1.82, 2.24) is 5.32 Å². The van der Waals surface area contributed by atoms with Crippen molar-refractivity contribution >= 4 is 11.7 Å². The monoisotopic (exact) mass is 248 g/mol. The van der Waals surface area contributed by atoms with Gasteiger partial charge in [0.1, 0.15) is 0 Å². The van der Waals surface area contributed by atoms with Crippen molar-refractivity contribution in [3.8, 4) is 0 Å². The van der Waals surface area contributed by atoms with Gasteiger partial charge in [0.2, 0.25) is 0 Å². The fourth-order valence-corrected chi connectivity index (χ4v) is 2.42. The number of carboxylic acid groups (broad SMARTS) is 1. The van der Waals surface area contributed by atoms with Gasteiger partial charge < -0.3 is 15.7 Å². The van der Waals surface area contributed by atoms with Crippen molar-refractivity contribution in [3.05, 3.63) is 29.8 Å². The largest absolute Gasteiger partial charge is 0.478 e. The number of aromatic carboxylic acids is 1. The van der Waals surface area contributed by atoms with Gasteiger partial charge in [-0.3, -0.25) is 0 Å². The number of rotatable bonds is 3. The first-order chi connectivity index (χ1) is 8.50. The van der Waals surface area contributed by atoms with Crippen molar-refractivity contribution in [2.45, 2.75) is 26.3 Å². The highest BCUT2D eigenvalue weighted by Crippen LogP contribution is 2.29. The Hall–Kier alpha value is -1.55. The minimum atomic E-state index is -0.884. The van der Waals surface area contributed by atoms with E-state index in [0.717, 1.165) is 19.5 Å². The van der Waals surface area contributed by atoms with Crippen molar-refractivity contribution in [1.29, 1.82) is 0 Å². The van der Waals surface area contributed by atoms with E-state index in [1.807, 2.05) is 12.1 Å². The molecule has 1 heterocycles. The van der Waals surface area contributed by atoms with Crippen molar-refractivity contribution < 1.29 is 9.90 Å². The van der Waals surface area contributed by atoms with Gasteiger partial charge in [0.25, 0.3) is 0 Å². The lowest BCUT2D eigenvalue weighted by Gasteiger charge is -2.40. The third kappa shape index (κ3) is 2.64. The van der Waals surface area contributed by atoms with Crippen LogP contribution in [-0.4, -0.2) is 30.2 Å². The van der Waals surface area contributed by atoms with E-state index in [4.69, 9.17) is 0 Å². The molecule has 1 unspecified atom stereocenters. The molecule has 1 fully saturated rings. The summed E-state index contributed by atoms with van der Waals surface area (Å²) in [5, 5.41) is 15.9. The zero-order valence-corrected chi connectivity index (χ0v) is 10.9. The summed E-state index contributed by atoms with van der Waals surface area (Å²) in [5.41, 5.74) is 1.17. The van der Waals surface area contributed by atoms with Crippen LogP contribution in [0.15, 0.2) is 24.3 Å². The van der Waals surface area contributed by atoms with E-state index in [1.54, 1.807) is 12.1 Å². The molecule has 1 aromatic rings. The first kappa shape index (κ1) is 12.9. The van der Waals surface area contributed by atoms with Gasteiger partial charge >= 0.3 is 5.97 Å². The van der Waals surface area contributed by atoms with E-state index in [1.165, 1.54) is 0 Å². The Kier molecular flexibility index (Phi) is 3.57. The molecule has 18 heavy (non-hydrogen) atoms. The first-order valence-electron chi connectivity index (χ1n) is 6.30. The van der Waals surface area contributed by atoms with Gasteiger partial charge in [0, 0.05) is 18.3 Å². The number of nitrogens with one attached hydrogen (secondary N) is 2. The maximum Gasteiger partial charge on any atom is 0.337 e. The van der Waals surface area contributed by atoms with Crippen LogP contribution in [0.3, 0.4) is 0 Å². The Bertz CT molecular complexity index is 443. The molecule has 4 nitrogen and oxygen atoms in total. The fourth-order valence-electron chi connectivity index (χ4n) is 2.42. The van der Waals surface area contributed by atoms with E-state index >= 15 is 0 Å². The molecule has 0 amide bonds. The van der Waals surface area contributed by atoms with Gasteiger partial charge in [-0.05, 0) is 30.5 Å². The van der Waals surface area contributed by atoms with Crippen LogP contribution in [0.5, 0.6) is 0 Å². The van der Waals surface area contributed by atoms with Crippen LogP contribution in [0.4, 0.5) is 5.69 Å². The normalized spacial score (nSPS) is 22.4. The topological polar surface area (TPSA) is 61.4 Å². The SMILES string of the molecule is CC1(C)CNCCC1Nc1ccccc1C(=O)O. The molecule has 0 radical (unpaired) electrons. The van der Waals surface area contributed by atoms with Crippen molar-refractivity contribution in [3.63, 3.8) is 0 Å². The van der Waals surface area contributed by atoms with Gasteiger partial charge in [0.15, 0.2) is 0 Å². The summed E-state index contributed by atoms with van der Waals surface area (Å²) in [7, 11) is 0. The highest BCUT2D eigenvalue weighted by atomic mass is 16.4. The van der Waals surface area contributed by atoms with Crippen LogP contribution in [0, 0.1) is 5.41 Å². The number of benzene rings is 1. The molecule has 1 saturated heterocycles. The third-order valence-corrected chi connectivity index (χ3v) is 3.62. The van der Waals surface area contributed by atoms with Crippen LogP contribution in [-0.2, 0) is 0 Å². The second-order valence-corrected chi connectivity index (χ2v) is 5.50. The van der Waals surface area contributed by atoms with E-state index in [2.05, 4.69) is 24.5 Å². The highest BCUT2D eigenvalue weighted by molar-refractivity contribution is 5.94. The summed E-state index contributed by atoms with van der Waals surface area (Å²) in [4.78, 5) is 11.2. The van der Waals surface area contributed by atoms with E-state index in [-0.39, 0.29) is 5.41 Å². The number of para-hydroxylation sites is 1. The molecule has 0 saturated carbocycles. The molecule has 1 aromatic carbocycles. The molecule has 2 rings (SSSR count). The summed E-state index contributed by atoms with van der Waals surface area (Å²) in [6.45, 7) is 6.30. The predicted octanol–water partition coefficient (Wildman–Crippen LogP) is 2.18. The number of carboxylic acids is 1. The first-order valence-corrected chi connectivity index (χ1v) is 6.30.